The Labute approximate surface area is 102 Å². The van der Waals surface area contributed by atoms with E-state index in [2.05, 4.69) is 11.8 Å². The van der Waals surface area contributed by atoms with Gasteiger partial charge in [-0.3, -0.25) is 4.90 Å². The molecule has 0 spiro atoms. The normalized spacial score (nSPS) is 9.82. The fourth-order valence-corrected chi connectivity index (χ4v) is 1.48. The van der Waals surface area contributed by atoms with Gasteiger partial charge in [-0.05, 0) is 24.1 Å². The van der Waals surface area contributed by atoms with Crippen LogP contribution < -0.4 is 0 Å². The molecule has 0 atom stereocenters. The molecule has 1 aromatic rings. The number of terminal acetylenes is 2. The molecule has 0 heterocycles. The van der Waals surface area contributed by atoms with E-state index in [1.54, 1.807) is 12.1 Å². The molecule has 0 aliphatic carbocycles. The van der Waals surface area contributed by atoms with Crippen LogP contribution in [-0.2, 0) is 6.42 Å². The van der Waals surface area contributed by atoms with Gasteiger partial charge in [0.25, 0.3) is 0 Å². The van der Waals surface area contributed by atoms with E-state index in [1.165, 1.54) is 6.07 Å². The van der Waals surface area contributed by atoms with Crippen LogP contribution in [0.5, 0.6) is 11.5 Å². The van der Waals surface area contributed by atoms with Crippen molar-refractivity contribution in [3.8, 4) is 36.2 Å². The van der Waals surface area contributed by atoms with Crippen LogP contribution in [0, 0.1) is 24.7 Å². The Morgan fingerprint density at radius 2 is 1.71 bits per heavy atom. The van der Waals surface area contributed by atoms with Gasteiger partial charge in [0.1, 0.15) is 0 Å². The number of hydrogen-bond donors (Lipinski definition) is 2. The Kier molecular flexibility index (Phi) is 4.94. The lowest BCUT2D eigenvalue weighted by atomic mass is 10.1. The number of phenols is 2. The summed E-state index contributed by atoms with van der Waals surface area (Å²) < 4.78 is 0. The zero-order valence-electron chi connectivity index (χ0n) is 9.56. The number of nitrogens with zero attached hydrogens (tertiary/aromatic N) is 1. The van der Waals surface area contributed by atoms with E-state index in [1.807, 2.05) is 4.90 Å². The van der Waals surface area contributed by atoms with Crippen LogP contribution in [0.15, 0.2) is 18.2 Å². The average molecular weight is 229 g/mol. The van der Waals surface area contributed by atoms with Crippen molar-refractivity contribution < 1.29 is 10.2 Å². The highest BCUT2D eigenvalue weighted by molar-refractivity contribution is 5.40. The molecule has 2 N–H and O–H groups in total. The largest absolute Gasteiger partial charge is 0.504 e. The minimum Gasteiger partial charge on any atom is -0.504 e. The lowest BCUT2D eigenvalue weighted by Gasteiger charge is -2.16. The molecule has 88 valence electrons. The minimum absolute atomic E-state index is 0.108. The van der Waals surface area contributed by atoms with Crippen LogP contribution in [0.4, 0.5) is 0 Å². The van der Waals surface area contributed by atoms with Crippen LogP contribution >= 0.6 is 0 Å². The lowest BCUT2D eigenvalue weighted by molar-refractivity contribution is 0.349. The summed E-state index contributed by atoms with van der Waals surface area (Å²) in [6.45, 7) is 1.74. The summed E-state index contributed by atoms with van der Waals surface area (Å²) in [5.74, 6) is 4.88. The molecule has 0 aromatic heterocycles. The smallest absolute Gasteiger partial charge is 0.157 e. The molecule has 0 radical (unpaired) electrons. The Bertz CT molecular complexity index is 438. The zero-order chi connectivity index (χ0) is 12.7. The van der Waals surface area contributed by atoms with Crippen LogP contribution in [-0.4, -0.2) is 34.7 Å². The second kappa shape index (κ2) is 6.48. The topological polar surface area (TPSA) is 43.7 Å². The monoisotopic (exact) mass is 229 g/mol. The average Bonchev–Trinajstić information content (AvgIpc) is 2.31. The SMILES string of the molecule is C#CCN(CC#C)CCc1ccc(O)c(O)c1. The second-order valence-electron chi connectivity index (χ2n) is 3.69. The van der Waals surface area contributed by atoms with E-state index in [-0.39, 0.29) is 11.5 Å². The predicted octanol–water partition coefficient (Wildman–Crippen LogP) is 1.21. The molecule has 17 heavy (non-hydrogen) atoms. The van der Waals surface area contributed by atoms with E-state index in [0.717, 1.165) is 18.5 Å². The molecule has 0 saturated carbocycles. The summed E-state index contributed by atoms with van der Waals surface area (Å²) in [4.78, 5) is 1.96. The summed E-state index contributed by atoms with van der Waals surface area (Å²) in [6, 6.07) is 4.77. The number of aromatic hydroxyl groups is 2. The highest BCUT2D eigenvalue weighted by Crippen LogP contribution is 2.24. The van der Waals surface area contributed by atoms with Crippen LogP contribution in [0.25, 0.3) is 0 Å². The zero-order valence-corrected chi connectivity index (χ0v) is 9.56. The molecular weight excluding hydrogens is 214 g/mol. The number of hydrogen-bond acceptors (Lipinski definition) is 3. The van der Waals surface area contributed by atoms with Gasteiger partial charge in [0.15, 0.2) is 11.5 Å². The molecule has 0 aliphatic heterocycles. The van der Waals surface area contributed by atoms with Gasteiger partial charge in [-0.15, -0.1) is 12.8 Å². The van der Waals surface area contributed by atoms with Gasteiger partial charge in [-0.2, -0.15) is 0 Å². The van der Waals surface area contributed by atoms with E-state index in [9.17, 15) is 10.2 Å². The summed E-state index contributed by atoms with van der Waals surface area (Å²) in [6.07, 6.45) is 11.2. The molecule has 0 bridgehead atoms. The summed E-state index contributed by atoms with van der Waals surface area (Å²) >= 11 is 0. The van der Waals surface area contributed by atoms with Crippen molar-refractivity contribution in [2.24, 2.45) is 0 Å². The summed E-state index contributed by atoms with van der Waals surface area (Å²) in [7, 11) is 0. The maximum absolute atomic E-state index is 9.34. The fourth-order valence-electron chi connectivity index (χ4n) is 1.48. The van der Waals surface area contributed by atoms with Crippen molar-refractivity contribution >= 4 is 0 Å². The minimum atomic E-state index is -0.113. The van der Waals surface area contributed by atoms with Crippen molar-refractivity contribution in [2.75, 3.05) is 19.6 Å². The molecule has 0 unspecified atom stereocenters. The molecule has 0 amide bonds. The van der Waals surface area contributed by atoms with Gasteiger partial charge in [0.05, 0.1) is 13.1 Å². The molecule has 0 fully saturated rings. The summed E-state index contributed by atoms with van der Waals surface area (Å²) in [5, 5.41) is 18.5. The molecule has 3 nitrogen and oxygen atoms in total. The first-order valence-electron chi connectivity index (χ1n) is 5.27. The van der Waals surface area contributed by atoms with Crippen molar-refractivity contribution in [3.63, 3.8) is 0 Å². The molecule has 0 saturated heterocycles. The van der Waals surface area contributed by atoms with Gasteiger partial charge in [-0.1, -0.05) is 17.9 Å². The molecule has 1 aromatic carbocycles. The first kappa shape index (κ1) is 13.0. The Hall–Kier alpha value is -2.10. The molecule has 3 heteroatoms. The van der Waals surface area contributed by atoms with Crippen molar-refractivity contribution in [1.29, 1.82) is 0 Å². The molecular formula is C14H15NO2. The van der Waals surface area contributed by atoms with Crippen molar-refractivity contribution in [2.45, 2.75) is 6.42 Å². The third-order valence-electron chi connectivity index (χ3n) is 2.39. The van der Waals surface area contributed by atoms with E-state index >= 15 is 0 Å². The van der Waals surface area contributed by atoms with Crippen molar-refractivity contribution in [1.82, 2.24) is 4.90 Å². The van der Waals surface area contributed by atoms with E-state index in [4.69, 9.17) is 12.8 Å². The van der Waals surface area contributed by atoms with Crippen molar-refractivity contribution in [3.05, 3.63) is 23.8 Å². The second-order valence-corrected chi connectivity index (χ2v) is 3.69. The number of benzene rings is 1. The quantitative estimate of drug-likeness (QED) is 0.589. The Morgan fingerprint density at radius 1 is 1.06 bits per heavy atom. The van der Waals surface area contributed by atoms with Gasteiger partial charge < -0.3 is 10.2 Å². The Morgan fingerprint density at radius 3 is 2.24 bits per heavy atom. The first-order valence-corrected chi connectivity index (χ1v) is 5.27. The maximum Gasteiger partial charge on any atom is 0.157 e. The summed E-state index contributed by atoms with van der Waals surface area (Å²) in [5.41, 5.74) is 0.930. The lowest BCUT2D eigenvalue weighted by Crippen LogP contribution is -2.26. The van der Waals surface area contributed by atoms with Gasteiger partial charge >= 0.3 is 0 Å². The van der Waals surface area contributed by atoms with E-state index < -0.39 is 0 Å². The number of rotatable bonds is 5. The fraction of sp³-hybridized carbons (Fsp3) is 0.286. The van der Waals surface area contributed by atoms with Crippen LogP contribution in [0.2, 0.25) is 0 Å². The first-order chi connectivity index (χ1) is 8.17. The maximum atomic E-state index is 9.34. The predicted molar refractivity (Wildman–Crippen MR) is 67.6 cm³/mol. The highest BCUT2D eigenvalue weighted by Gasteiger charge is 2.04. The van der Waals surface area contributed by atoms with E-state index in [0.29, 0.717) is 13.1 Å². The third kappa shape index (κ3) is 4.10. The van der Waals surface area contributed by atoms with Crippen LogP contribution in [0.1, 0.15) is 5.56 Å². The standard InChI is InChI=1S/C14H15NO2/c1-3-8-15(9-4-2)10-7-12-5-6-13(16)14(17)11-12/h1-2,5-6,11,16-17H,7-10H2. The molecule has 1 rings (SSSR count). The highest BCUT2D eigenvalue weighted by atomic mass is 16.3. The van der Waals surface area contributed by atoms with Gasteiger partial charge in [0, 0.05) is 6.54 Å². The van der Waals surface area contributed by atoms with Gasteiger partial charge in [-0.25, -0.2) is 0 Å². The Balaban J connectivity index is 2.57. The molecule has 0 aliphatic rings. The number of phenolic OH excluding ortho intramolecular Hbond substituents is 2. The third-order valence-corrected chi connectivity index (χ3v) is 2.39. The van der Waals surface area contributed by atoms with Gasteiger partial charge in [0.2, 0.25) is 0 Å². The van der Waals surface area contributed by atoms with Crippen LogP contribution in [0.3, 0.4) is 0 Å².